The number of rotatable bonds is 3. The average Bonchev–Trinajstić information content (AvgIpc) is 2.31. The zero-order chi connectivity index (χ0) is 7.40. The molecule has 0 amide bonds. The van der Waals surface area contributed by atoms with Gasteiger partial charge in [-0.1, -0.05) is 0 Å². The Morgan fingerprint density at radius 1 is 1.70 bits per heavy atom. The molecule has 10 heavy (non-hydrogen) atoms. The lowest BCUT2D eigenvalue weighted by molar-refractivity contribution is 0.126. The van der Waals surface area contributed by atoms with Gasteiger partial charge >= 0.3 is 0 Å². The Hall–Kier alpha value is -0.830. The molecule has 0 radical (unpaired) electrons. The van der Waals surface area contributed by atoms with Crippen LogP contribution in [0.4, 0.5) is 0 Å². The highest BCUT2D eigenvalue weighted by Gasteiger charge is 1.95. The van der Waals surface area contributed by atoms with Gasteiger partial charge in [-0.2, -0.15) is 0 Å². The van der Waals surface area contributed by atoms with Crippen molar-refractivity contribution in [3.8, 4) is 0 Å². The number of aromatic nitrogens is 2. The highest BCUT2D eigenvalue weighted by Crippen LogP contribution is 1.95. The standard InChI is InChI=1S/C7H12N2O/c1-3-10-6-7-8-4-5-9(7)2/h4-5H,3,6H2,1-2H3. The van der Waals surface area contributed by atoms with Gasteiger partial charge in [0.2, 0.25) is 0 Å². The largest absolute Gasteiger partial charge is 0.374 e. The van der Waals surface area contributed by atoms with Crippen molar-refractivity contribution in [3.63, 3.8) is 0 Å². The summed E-state index contributed by atoms with van der Waals surface area (Å²) in [5.41, 5.74) is 0. The van der Waals surface area contributed by atoms with Gasteiger partial charge in [-0.25, -0.2) is 4.98 Å². The van der Waals surface area contributed by atoms with Crippen LogP contribution in [0.1, 0.15) is 12.7 Å². The van der Waals surface area contributed by atoms with Crippen LogP contribution in [0.5, 0.6) is 0 Å². The summed E-state index contributed by atoms with van der Waals surface area (Å²) in [5.74, 6) is 0.974. The van der Waals surface area contributed by atoms with Gasteiger partial charge in [-0.05, 0) is 6.92 Å². The second-order valence-electron chi connectivity index (χ2n) is 2.09. The van der Waals surface area contributed by atoms with Gasteiger partial charge in [0.15, 0.2) is 0 Å². The lowest BCUT2D eigenvalue weighted by atomic mass is 10.6. The van der Waals surface area contributed by atoms with Crippen LogP contribution >= 0.6 is 0 Å². The minimum absolute atomic E-state index is 0.611. The summed E-state index contributed by atoms with van der Waals surface area (Å²) in [6.45, 7) is 3.33. The molecule has 0 aromatic carbocycles. The number of hydrogen-bond acceptors (Lipinski definition) is 2. The SMILES string of the molecule is CCOCc1nccn1C. The van der Waals surface area contributed by atoms with Crippen molar-refractivity contribution in [1.29, 1.82) is 0 Å². The van der Waals surface area contributed by atoms with Crippen molar-refractivity contribution >= 4 is 0 Å². The fraction of sp³-hybridized carbons (Fsp3) is 0.571. The van der Waals surface area contributed by atoms with E-state index in [0.717, 1.165) is 12.4 Å². The predicted octanol–water partition coefficient (Wildman–Crippen LogP) is 0.957. The van der Waals surface area contributed by atoms with Crippen LogP contribution in [0.2, 0.25) is 0 Å². The Bertz CT molecular complexity index is 195. The summed E-state index contributed by atoms with van der Waals surface area (Å²) in [6, 6.07) is 0. The molecule has 0 unspecified atom stereocenters. The van der Waals surface area contributed by atoms with Crippen molar-refractivity contribution in [2.45, 2.75) is 13.5 Å². The number of aryl methyl sites for hydroxylation is 1. The van der Waals surface area contributed by atoms with Gasteiger partial charge in [0.05, 0.1) is 0 Å². The lowest BCUT2D eigenvalue weighted by Gasteiger charge is -1.99. The summed E-state index contributed by atoms with van der Waals surface area (Å²) in [5, 5.41) is 0. The van der Waals surface area contributed by atoms with Crippen molar-refractivity contribution in [2.24, 2.45) is 7.05 Å². The molecule has 3 heteroatoms. The quantitative estimate of drug-likeness (QED) is 0.625. The number of nitrogens with zero attached hydrogens (tertiary/aromatic N) is 2. The summed E-state index contributed by atoms with van der Waals surface area (Å²) < 4.78 is 7.13. The van der Waals surface area contributed by atoms with Crippen LogP contribution in [0.3, 0.4) is 0 Å². The van der Waals surface area contributed by atoms with Gasteiger partial charge in [0.1, 0.15) is 12.4 Å². The molecule has 3 nitrogen and oxygen atoms in total. The van der Waals surface area contributed by atoms with Crippen LogP contribution in [0.15, 0.2) is 12.4 Å². The Labute approximate surface area is 60.6 Å². The first-order chi connectivity index (χ1) is 4.84. The van der Waals surface area contributed by atoms with Gasteiger partial charge in [-0.3, -0.25) is 0 Å². The number of imidazole rings is 1. The van der Waals surface area contributed by atoms with Crippen LogP contribution in [-0.2, 0) is 18.4 Å². The van der Waals surface area contributed by atoms with E-state index in [1.807, 2.05) is 24.7 Å². The van der Waals surface area contributed by atoms with Crippen molar-refractivity contribution in [2.75, 3.05) is 6.61 Å². The molecule has 0 N–H and O–H groups in total. The van der Waals surface area contributed by atoms with E-state index in [1.165, 1.54) is 0 Å². The van der Waals surface area contributed by atoms with Gasteiger partial charge in [-0.15, -0.1) is 0 Å². The maximum atomic E-state index is 5.18. The van der Waals surface area contributed by atoms with E-state index >= 15 is 0 Å². The molecule has 1 aromatic rings. The Morgan fingerprint density at radius 3 is 3.00 bits per heavy atom. The molecule has 1 heterocycles. The van der Waals surface area contributed by atoms with Crippen molar-refractivity contribution in [3.05, 3.63) is 18.2 Å². The number of hydrogen-bond donors (Lipinski definition) is 0. The molecule has 0 aliphatic rings. The second-order valence-corrected chi connectivity index (χ2v) is 2.09. The molecule has 0 aliphatic heterocycles. The van der Waals surface area contributed by atoms with Crippen molar-refractivity contribution in [1.82, 2.24) is 9.55 Å². The molecule has 0 aliphatic carbocycles. The molecule has 0 fully saturated rings. The molecular formula is C7H12N2O. The van der Waals surface area contributed by atoms with E-state index < -0.39 is 0 Å². The van der Waals surface area contributed by atoms with E-state index in [-0.39, 0.29) is 0 Å². The van der Waals surface area contributed by atoms with E-state index in [2.05, 4.69) is 4.98 Å². The zero-order valence-corrected chi connectivity index (χ0v) is 6.37. The molecule has 0 bridgehead atoms. The number of ether oxygens (including phenoxy) is 1. The van der Waals surface area contributed by atoms with Gasteiger partial charge in [0.25, 0.3) is 0 Å². The molecule has 0 atom stereocenters. The summed E-state index contributed by atoms with van der Waals surface area (Å²) >= 11 is 0. The maximum Gasteiger partial charge on any atom is 0.134 e. The molecule has 0 saturated heterocycles. The predicted molar refractivity (Wildman–Crippen MR) is 38.5 cm³/mol. The second kappa shape index (κ2) is 3.37. The molecule has 1 rings (SSSR count). The first-order valence-electron chi connectivity index (χ1n) is 3.38. The van der Waals surface area contributed by atoms with Crippen LogP contribution in [0.25, 0.3) is 0 Å². The third-order valence-corrected chi connectivity index (χ3v) is 1.36. The van der Waals surface area contributed by atoms with E-state index in [9.17, 15) is 0 Å². The zero-order valence-electron chi connectivity index (χ0n) is 6.37. The van der Waals surface area contributed by atoms with Crippen LogP contribution in [-0.4, -0.2) is 16.2 Å². The topological polar surface area (TPSA) is 27.1 Å². The van der Waals surface area contributed by atoms with Crippen LogP contribution < -0.4 is 0 Å². The fourth-order valence-corrected chi connectivity index (χ4v) is 0.729. The van der Waals surface area contributed by atoms with Gasteiger partial charge in [0, 0.05) is 26.0 Å². The van der Waals surface area contributed by atoms with E-state index in [1.54, 1.807) is 6.20 Å². The highest BCUT2D eigenvalue weighted by atomic mass is 16.5. The highest BCUT2D eigenvalue weighted by molar-refractivity contribution is 4.88. The fourth-order valence-electron chi connectivity index (χ4n) is 0.729. The minimum atomic E-state index is 0.611. The Morgan fingerprint density at radius 2 is 2.50 bits per heavy atom. The Kier molecular flexibility index (Phi) is 2.45. The third-order valence-electron chi connectivity index (χ3n) is 1.36. The summed E-state index contributed by atoms with van der Waals surface area (Å²) in [7, 11) is 1.96. The van der Waals surface area contributed by atoms with Gasteiger partial charge < -0.3 is 9.30 Å². The average molecular weight is 140 g/mol. The molecule has 1 aromatic heterocycles. The summed E-state index contributed by atoms with van der Waals surface area (Å²) in [4.78, 5) is 4.09. The molecule has 0 saturated carbocycles. The normalized spacial score (nSPS) is 10.2. The molecule has 0 spiro atoms. The minimum Gasteiger partial charge on any atom is -0.374 e. The van der Waals surface area contributed by atoms with Crippen LogP contribution in [0, 0.1) is 0 Å². The monoisotopic (exact) mass is 140 g/mol. The van der Waals surface area contributed by atoms with E-state index in [4.69, 9.17) is 4.74 Å². The van der Waals surface area contributed by atoms with E-state index in [0.29, 0.717) is 6.61 Å². The first kappa shape index (κ1) is 7.28. The maximum absolute atomic E-state index is 5.18. The van der Waals surface area contributed by atoms with Crippen molar-refractivity contribution < 1.29 is 4.74 Å². The molecular weight excluding hydrogens is 128 g/mol. The molecule has 56 valence electrons. The third kappa shape index (κ3) is 1.57. The smallest absolute Gasteiger partial charge is 0.134 e. The Balaban J connectivity index is 2.49. The first-order valence-corrected chi connectivity index (χ1v) is 3.38. The summed E-state index contributed by atoms with van der Waals surface area (Å²) in [6.07, 6.45) is 3.68. The lowest BCUT2D eigenvalue weighted by Crippen LogP contribution is -1.99.